The van der Waals surface area contributed by atoms with Gasteiger partial charge >= 0.3 is 5.97 Å². The highest BCUT2D eigenvalue weighted by molar-refractivity contribution is 8.00. The Morgan fingerprint density at radius 2 is 1.91 bits per heavy atom. The lowest BCUT2D eigenvalue weighted by molar-refractivity contribution is 0.0690. The van der Waals surface area contributed by atoms with Gasteiger partial charge in [0.25, 0.3) is 0 Å². The quantitative estimate of drug-likeness (QED) is 0.223. The van der Waals surface area contributed by atoms with E-state index < -0.39 is 12.1 Å². The smallest absolute Gasteiger partial charge is 0.354 e. The molecule has 2 aromatic carbocycles. The SMILES string of the molecule is CC(C)(CCn1cnc2cnc(C(=O)O)cc21)NCC(O)c1cccc(NSc2ccccc2)c1. The lowest BCUT2D eigenvalue weighted by Gasteiger charge is -2.28. The van der Waals surface area contributed by atoms with Crippen LogP contribution in [0.25, 0.3) is 11.0 Å². The largest absolute Gasteiger partial charge is 0.477 e. The summed E-state index contributed by atoms with van der Waals surface area (Å²) in [7, 11) is 0. The molecule has 182 valence electrons. The summed E-state index contributed by atoms with van der Waals surface area (Å²) in [5.74, 6) is -1.06. The van der Waals surface area contributed by atoms with E-state index in [2.05, 4.69) is 33.9 Å². The minimum atomic E-state index is -1.06. The molecule has 0 aliphatic carbocycles. The summed E-state index contributed by atoms with van der Waals surface area (Å²) in [6, 6.07) is 19.4. The number of anilines is 1. The van der Waals surface area contributed by atoms with Gasteiger partial charge in [-0.15, -0.1) is 0 Å². The Labute approximate surface area is 208 Å². The molecule has 0 fully saturated rings. The van der Waals surface area contributed by atoms with Crippen LogP contribution in [0, 0.1) is 0 Å². The van der Waals surface area contributed by atoms with Gasteiger partial charge in [-0.1, -0.05) is 30.3 Å². The van der Waals surface area contributed by atoms with Crippen molar-refractivity contribution in [1.29, 1.82) is 0 Å². The fourth-order valence-electron chi connectivity index (χ4n) is 3.65. The standard InChI is InChI=1S/C26H29N5O3S/c1-26(2,11-12-31-17-28-22-15-27-21(25(33)34)14-23(22)31)29-16-24(32)18-7-6-8-19(13-18)30-35-20-9-4-3-5-10-20/h3-10,13-15,17,24,29-30,32H,11-12,16H2,1-2H3,(H,33,34). The Balaban J connectivity index is 1.32. The number of aryl methyl sites for hydroxylation is 1. The van der Waals surface area contributed by atoms with Crippen molar-refractivity contribution in [2.45, 2.75) is 43.4 Å². The van der Waals surface area contributed by atoms with Crippen molar-refractivity contribution >= 4 is 34.6 Å². The average Bonchev–Trinajstić information content (AvgIpc) is 3.28. The van der Waals surface area contributed by atoms with Crippen LogP contribution >= 0.6 is 11.9 Å². The fourth-order valence-corrected chi connectivity index (χ4v) is 4.31. The summed E-state index contributed by atoms with van der Waals surface area (Å²) in [4.78, 5) is 20.6. The first-order valence-corrected chi connectivity index (χ1v) is 12.2. The number of carboxylic acids is 1. The van der Waals surface area contributed by atoms with Gasteiger partial charge in [-0.2, -0.15) is 0 Å². The molecular formula is C26H29N5O3S. The third kappa shape index (κ3) is 6.60. The highest BCUT2D eigenvalue weighted by Crippen LogP contribution is 2.24. The number of pyridine rings is 1. The molecule has 2 heterocycles. The summed E-state index contributed by atoms with van der Waals surface area (Å²) in [6.07, 6.45) is 3.28. The van der Waals surface area contributed by atoms with Crippen molar-refractivity contribution in [2.24, 2.45) is 0 Å². The van der Waals surface area contributed by atoms with Crippen LogP contribution in [0.5, 0.6) is 0 Å². The van der Waals surface area contributed by atoms with Crippen LogP contribution in [0.4, 0.5) is 5.69 Å². The normalized spacial score (nSPS) is 12.5. The van der Waals surface area contributed by atoms with Gasteiger partial charge in [0, 0.05) is 29.2 Å². The van der Waals surface area contributed by atoms with E-state index in [1.54, 1.807) is 12.4 Å². The first kappa shape index (κ1) is 24.7. The number of carboxylic acid groups (broad SMARTS) is 1. The molecule has 0 saturated heterocycles. The van der Waals surface area contributed by atoms with Gasteiger partial charge in [-0.3, -0.25) is 0 Å². The van der Waals surface area contributed by atoms with Gasteiger partial charge in [0.2, 0.25) is 0 Å². The molecule has 9 heteroatoms. The summed E-state index contributed by atoms with van der Waals surface area (Å²) in [5.41, 5.74) is 2.90. The predicted octanol–water partition coefficient (Wildman–Crippen LogP) is 4.74. The van der Waals surface area contributed by atoms with E-state index in [4.69, 9.17) is 0 Å². The first-order valence-electron chi connectivity index (χ1n) is 11.4. The Kier molecular flexibility index (Phi) is 7.70. The molecular weight excluding hydrogens is 462 g/mol. The molecule has 0 amide bonds. The van der Waals surface area contributed by atoms with Crippen molar-refractivity contribution < 1.29 is 15.0 Å². The molecule has 1 unspecified atom stereocenters. The van der Waals surface area contributed by atoms with E-state index in [1.807, 2.05) is 59.2 Å². The second-order valence-electron chi connectivity index (χ2n) is 8.97. The number of aliphatic hydroxyl groups is 1. The van der Waals surface area contributed by atoms with Crippen LogP contribution in [-0.4, -0.2) is 42.8 Å². The van der Waals surface area contributed by atoms with Crippen LogP contribution in [0.2, 0.25) is 0 Å². The van der Waals surface area contributed by atoms with E-state index in [-0.39, 0.29) is 11.2 Å². The van der Waals surface area contributed by atoms with Gasteiger partial charge in [0.05, 0.1) is 24.1 Å². The molecule has 0 saturated carbocycles. The van der Waals surface area contributed by atoms with Crippen molar-refractivity contribution in [3.05, 3.63) is 84.4 Å². The van der Waals surface area contributed by atoms with E-state index in [0.29, 0.717) is 18.6 Å². The molecule has 0 radical (unpaired) electrons. The molecule has 4 N–H and O–H groups in total. The number of aliphatic hydroxyl groups excluding tert-OH is 1. The number of hydrogen-bond donors (Lipinski definition) is 4. The molecule has 0 bridgehead atoms. The number of fused-ring (bicyclic) bond motifs is 1. The maximum atomic E-state index is 11.3. The molecule has 2 aromatic heterocycles. The summed E-state index contributed by atoms with van der Waals surface area (Å²) in [5, 5.41) is 23.5. The highest BCUT2D eigenvalue weighted by Gasteiger charge is 2.20. The average molecular weight is 492 g/mol. The molecule has 0 spiro atoms. The summed E-state index contributed by atoms with van der Waals surface area (Å²) in [6.45, 7) is 5.21. The Bertz CT molecular complexity index is 1290. The monoisotopic (exact) mass is 491 g/mol. The molecule has 0 aliphatic heterocycles. The number of benzene rings is 2. The van der Waals surface area contributed by atoms with Crippen LogP contribution in [0.15, 0.2) is 78.1 Å². The van der Waals surface area contributed by atoms with E-state index in [9.17, 15) is 15.0 Å². The van der Waals surface area contributed by atoms with Crippen molar-refractivity contribution in [3.63, 3.8) is 0 Å². The summed E-state index contributed by atoms with van der Waals surface area (Å²) >= 11 is 1.53. The third-order valence-electron chi connectivity index (χ3n) is 5.78. The van der Waals surface area contributed by atoms with E-state index in [1.165, 1.54) is 18.1 Å². The number of β-amino-alcohol motifs (C(OH)–C–C–N with tert-alkyl or cyclic N) is 1. The van der Waals surface area contributed by atoms with Crippen LogP contribution in [0.1, 0.15) is 42.4 Å². The van der Waals surface area contributed by atoms with Crippen LogP contribution in [0.3, 0.4) is 0 Å². The minimum Gasteiger partial charge on any atom is -0.477 e. The number of hydrogen-bond acceptors (Lipinski definition) is 7. The van der Waals surface area contributed by atoms with Gasteiger partial charge in [0.1, 0.15) is 11.2 Å². The fraction of sp³-hybridized carbons (Fsp3) is 0.269. The summed E-state index contributed by atoms with van der Waals surface area (Å²) < 4.78 is 5.26. The number of aromatic carboxylic acids is 1. The predicted molar refractivity (Wildman–Crippen MR) is 139 cm³/mol. The number of carbonyl (C=O) groups is 1. The second kappa shape index (κ2) is 10.9. The molecule has 1 atom stereocenters. The zero-order valence-corrected chi connectivity index (χ0v) is 20.5. The molecule has 4 aromatic rings. The van der Waals surface area contributed by atoms with E-state index in [0.717, 1.165) is 28.1 Å². The number of imidazole rings is 1. The van der Waals surface area contributed by atoms with Crippen molar-refractivity contribution in [2.75, 3.05) is 11.3 Å². The molecule has 35 heavy (non-hydrogen) atoms. The maximum absolute atomic E-state index is 11.3. The third-order valence-corrected chi connectivity index (χ3v) is 6.63. The number of nitrogens with one attached hydrogen (secondary N) is 2. The van der Waals surface area contributed by atoms with Gasteiger partial charge in [-0.05, 0) is 68.1 Å². The van der Waals surface area contributed by atoms with Gasteiger partial charge in [0.15, 0.2) is 0 Å². The van der Waals surface area contributed by atoms with Gasteiger partial charge in [-0.25, -0.2) is 14.8 Å². The first-order chi connectivity index (χ1) is 16.8. The zero-order valence-electron chi connectivity index (χ0n) is 19.7. The van der Waals surface area contributed by atoms with Crippen LogP contribution < -0.4 is 10.0 Å². The minimum absolute atomic E-state index is 0.00125. The van der Waals surface area contributed by atoms with Crippen molar-refractivity contribution in [3.8, 4) is 0 Å². The Morgan fingerprint density at radius 1 is 1.11 bits per heavy atom. The zero-order chi connectivity index (χ0) is 24.8. The number of nitrogens with zero attached hydrogens (tertiary/aromatic N) is 3. The lowest BCUT2D eigenvalue weighted by Crippen LogP contribution is -2.42. The molecule has 0 aliphatic rings. The van der Waals surface area contributed by atoms with Crippen molar-refractivity contribution in [1.82, 2.24) is 19.9 Å². The Morgan fingerprint density at radius 3 is 2.69 bits per heavy atom. The number of aromatic nitrogens is 3. The highest BCUT2D eigenvalue weighted by atomic mass is 32.2. The lowest BCUT2D eigenvalue weighted by atomic mass is 9.99. The number of rotatable bonds is 11. The van der Waals surface area contributed by atoms with Gasteiger partial charge < -0.3 is 24.8 Å². The maximum Gasteiger partial charge on any atom is 0.354 e. The second-order valence-corrected chi connectivity index (χ2v) is 9.85. The molecule has 8 nitrogen and oxygen atoms in total. The molecule has 4 rings (SSSR count). The Hall–Kier alpha value is -3.40. The topological polar surface area (TPSA) is 112 Å². The van der Waals surface area contributed by atoms with E-state index >= 15 is 0 Å². The van der Waals surface area contributed by atoms with Crippen LogP contribution in [-0.2, 0) is 6.54 Å².